The first-order valence-electron chi connectivity index (χ1n) is 4.16. The van der Waals surface area contributed by atoms with Crippen LogP contribution in [0, 0.1) is 11.3 Å². The van der Waals surface area contributed by atoms with Crippen molar-refractivity contribution in [1.29, 1.82) is 0 Å². The van der Waals surface area contributed by atoms with Crippen LogP contribution in [0.4, 0.5) is 0 Å². The molecule has 3 nitrogen and oxygen atoms in total. The second-order valence-corrected chi connectivity index (χ2v) is 3.59. The maximum atomic E-state index is 11.1. The molecule has 0 aromatic heterocycles. The first-order chi connectivity index (χ1) is 5.24. The van der Waals surface area contributed by atoms with Gasteiger partial charge in [0.05, 0.1) is 12.6 Å². The van der Waals surface area contributed by atoms with Gasteiger partial charge in [0.25, 0.3) is 0 Å². The quantitative estimate of drug-likeness (QED) is 0.584. The van der Waals surface area contributed by atoms with E-state index in [4.69, 9.17) is 5.11 Å². The van der Waals surface area contributed by atoms with Gasteiger partial charge in [0.1, 0.15) is 0 Å². The lowest BCUT2D eigenvalue weighted by molar-refractivity contribution is -0.121. The Kier molecular flexibility index (Phi) is 1.27. The van der Waals surface area contributed by atoms with Crippen LogP contribution in [0.15, 0.2) is 0 Å². The fourth-order valence-corrected chi connectivity index (χ4v) is 2.34. The fraction of sp³-hybridized carbons (Fsp3) is 0.875. The molecule has 2 aliphatic rings. The number of piperidine rings is 1. The summed E-state index contributed by atoms with van der Waals surface area (Å²) >= 11 is 0. The average molecular weight is 155 g/mol. The van der Waals surface area contributed by atoms with Crippen molar-refractivity contribution in [3.05, 3.63) is 0 Å². The van der Waals surface area contributed by atoms with Crippen LogP contribution in [-0.2, 0) is 4.79 Å². The van der Waals surface area contributed by atoms with Crippen molar-refractivity contribution in [2.75, 3.05) is 6.61 Å². The number of hydrogen-bond donors (Lipinski definition) is 2. The predicted molar refractivity (Wildman–Crippen MR) is 39.8 cm³/mol. The topological polar surface area (TPSA) is 49.3 Å². The summed E-state index contributed by atoms with van der Waals surface area (Å²) in [5, 5.41) is 11.8. The molecule has 2 fully saturated rings. The number of fused-ring (bicyclic) bond motifs is 1. The average Bonchev–Trinajstić information content (AvgIpc) is 2.70. The summed E-state index contributed by atoms with van der Waals surface area (Å²) < 4.78 is 0. The molecule has 1 amide bonds. The van der Waals surface area contributed by atoms with E-state index in [2.05, 4.69) is 12.2 Å². The maximum Gasteiger partial charge on any atom is 0.224 e. The number of carbonyl (C=O) groups excluding carboxylic acids is 1. The van der Waals surface area contributed by atoms with Gasteiger partial charge >= 0.3 is 0 Å². The second kappa shape index (κ2) is 1.97. The highest BCUT2D eigenvalue weighted by atomic mass is 16.3. The van der Waals surface area contributed by atoms with E-state index in [0.29, 0.717) is 0 Å². The highest BCUT2D eigenvalue weighted by Crippen LogP contribution is 2.60. The number of nitrogens with one attached hydrogen (secondary N) is 1. The molecule has 3 heteroatoms. The summed E-state index contributed by atoms with van der Waals surface area (Å²) in [6, 6.07) is 0.0324. The first kappa shape index (κ1) is 7.10. The number of amides is 1. The van der Waals surface area contributed by atoms with Gasteiger partial charge in [-0.15, -0.1) is 0 Å². The molecule has 0 aromatic carbocycles. The van der Waals surface area contributed by atoms with Gasteiger partial charge in [-0.05, 0) is 12.8 Å². The molecular formula is C8H13NO2. The molecule has 0 aromatic rings. The molecule has 1 aliphatic carbocycles. The Hall–Kier alpha value is -0.570. The van der Waals surface area contributed by atoms with E-state index >= 15 is 0 Å². The van der Waals surface area contributed by atoms with Crippen molar-refractivity contribution in [2.24, 2.45) is 11.3 Å². The van der Waals surface area contributed by atoms with E-state index in [1.54, 1.807) is 0 Å². The third-order valence-corrected chi connectivity index (χ3v) is 3.29. The van der Waals surface area contributed by atoms with Crippen LogP contribution in [0.2, 0.25) is 0 Å². The Morgan fingerprint density at radius 2 is 2.55 bits per heavy atom. The van der Waals surface area contributed by atoms with Crippen LogP contribution in [0.3, 0.4) is 0 Å². The lowest BCUT2D eigenvalue weighted by Gasteiger charge is -2.18. The molecule has 0 bridgehead atoms. The van der Waals surface area contributed by atoms with Gasteiger partial charge in [0, 0.05) is 11.3 Å². The van der Waals surface area contributed by atoms with Crippen molar-refractivity contribution >= 4 is 5.91 Å². The summed E-state index contributed by atoms with van der Waals surface area (Å²) in [4.78, 5) is 11.1. The zero-order chi connectivity index (χ0) is 8.06. The van der Waals surface area contributed by atoms with Gasteiger partial charge in [-0.25, -0.2) is 0 Å². The molecule has 11 heavy (non-hydrogen) atoms. The smallest absolute Gasteiger partial charge is 0.224 e. The highest BCUT2D eigenvalue weighted by molar-refractivity contribution is 5.86. The van der Waals surface area contributed by atoms with Crippen molar-refractivity contribution < 1.29 is 9.90 Å². The summed E-state index contributed by atoms with van der Waals surface area (Å²) in [6.45, 7) is 2.18. The van der Waals surface area contributed by atoms with Gasteiger partial charge in [-0.3, -0.25) is 4.79 Å². The molecule has 62 valence electrons. The largest absolute Gasteiger partial charge is 0.394 e. The Balaban J connectivity index is 2.19. The molecule has 1 saturated heterocycles. The summed E-state index contributed by atoms with van der Waals surface area (Å²) in [5.74, 6) is 0.357. The van der Waals surface area contributed by atoms with Gasteiger partial charge < -0.3 is 10.4 Å². The molecule has 1 heterocycles. The lowest BCUT2D eigenvalue weighted by atomic mass is 9.94. The van der Waals surface area contributed by atoms with Gasteiger partial charge in [0.15, 0.2) is 0 Å². The lowest BCUT2D eigenvalue weighted by Crippen LogP contribution is -2.37. The normalized spacial score (nSPS) is 46.9. The molecule has 2 N–H and O–H groups in total. The molecule has 1 aliphatic heterocycles. The van der Waals surface area contributed by atoms with Gasteiger partial charge in [-0.1, -0.05) is 6.92 Å². The summed E-state index contributed by atoms with van der Waals surface area (Å²) in [7, 11) is 0. The van der Waals surface area contributed by atoms with Crippen molar-refractivity contribution in [1.82, 2.24) is 5.32 Å². The minimum Gasteiger partial charge on any atom is -0.394 e. The first-order valence-corrected chi connectivity index (χ1v) is 4.16. The summed E-state index contributed by atoms with van der Waals surface area (Å²) in [5.41, 5.74) is 0.131. The number of aliphatic hydroxyl groups excluding tert-OH is 1. The van der Waals surface area contributed by atoms with Crippen molar-refractivity contribution in [2.45, 2.75) is 25.8 Å². The van der Waals surface area contributed by atoms with E-state index in [0.717, 1.165) is 12.8 Å². The number of hydrogen-bond acceptors (Lipinski definition) is 2. The van der Waals surface area contributed by atoms with Crippen molar-refractivity contribution in [3.8, 4) is 0 Å². The van der Waals surface area contributed by atoms with Crippen LogP contribution < -0.4 is 5.32 Å². The minimum atomic E-state index is 0.0324. The van der Waals surface area contributed by atoms with Crippen LogP contribution in [0.5, 0.6) is 0 Å². The van der Waals surface area contributed by atoms with Gasteiger partial charge in [-0.2, -0.15) is 0 Å². The highest BCUT2D eigenvalue weighted by Gasteiger charge is 2.66. The standard InChI is InChI=1S/C8H13NO2/c1-2-8-3-5(8)7(11)9-6(8)4-10/h5-6,10H,2-4H2,1H3,(H,9,11)/t5-,6?,8?/m0/s1. The zero-order valence-electron chi connectivity index (χ0n) is 6.63. The maximum absolute atomic E-state index is 11.1. The number of rotatable bonds is 2. The molecule has 2 rings (SSSR count). The van der Waals surface area contributed by atoms with Crippen LogP contribution >= 0.6 is 0 Å². The SMILES string of the molecule is CCC12C[C@H]1C(=O)NC2CO. The third kappa shape index (κ3) is 0.692. The molecule has 0 spiro atoms. The Labute approximate surface area is 65.8 Å². The van der Waals surface area contributed by atoms with E-state index in [1.165, 1.54) is 0 Å². The molecular weight excluding hydrogens is 142 g/mol. The third-order valence-electron chi connectivity index (χ3n) is 3.29. The molecule has 0 radical (unpaired) electrons. The Morgan fingerprint density at radius 1 is 1.82 bits per heavy atom. The molecule has 2 unspecified atom stereocenters. The number of aliphatic hydroxyl groups is 1. The number of carbonyl (C=O) groups is 1. The Bertz CT molecular complexity index is 204. The molecule has 1 saturated carbocycles. The monoisotopic (exact) mass is 155 g/mol. The van der Waals surface area contributed by atoms with E-state index < -0.39 is 0 Å². The van der Waals surface area contributed by atoms with E-state index in [9.17, 15) is 4.79 Å². The molecule has 3 atom stereocenters. The zero-order valence-corrected chi connectivity index (χ0v) is 6.63. The second-order valence-electron chi connectivity index (χ2n) is 3.59. The van der Waals surface area contributed by atoms with E-state index in [1.807, 2.05) is 0 Å². The summed E-state index contributed by atoms with van der Waals surface area (Å²) in [6.07, 6.45) is 1.99. The fourth-order valence-electron chi connectivity index (χ4n) is 2.34. The van der Waals surface area contributed by atoms with Crippen LogP contribution in [0.25, 0.3) is 0 Å². The predicted octanol–water partition coefficient (Wildman–Crippen LogP) is -0.107. The Morgan fingerprint density at radius 3 is 2.91 bits per heavy atom. The van der Waals surface area contributed by atoms with E-state index in [-0.39, 0.29) is 29.9 Å². The van der Waals surface area contributed by atoms with Crippen molar-refractivity contribution in [3.63, 3.8) is 0 Å². The minimum absolute atomic E-state index is 0.0324. The van der Waals surface area contributed by atoms with Gasteiger partial charge in [0.2, 0.25) is 5.91 Å². The van der Waals surface area contributed by atoms with Crippen LogP contribution in [0.1, 0.15) is 19.8 Å². The van der Waals surface area contributed by atoms with Crippen LogP contribution in [-0.4, -0.2) is 23.7 Å².